The fourth-order valence-electron chi connectivity index (χ4n) is 11.4. The van der Waals surface area contributed by atoms with Gasteiger partial charge in [-0.15, -0.1) is 0 Å². The number of furan rings is 2. The number of amides is 6. The number of rotatable bonds is 17. The average Bonchev–Trinajstić information content (AvgIpc) is 2.64. The van der Waals surface area contributed by atoms with Crippen LogP contribution in [0.15, 0.2) is 213 Å². The van der Waals surface area contributed by atoms with Gasteiger partial charge in [0.15, 0.2) is 10.3 Å². The first-order valence-corrected chi connectivity index (χ1v) is 32.2. The van der Waals surface area contributed by atoms with Gasteiger partial charge >= 0.3 is 6.09 Å². The van der Waals surface area contributed by atoms with Crippen molar-refractivity contribution >= 4 is 97.9 Å². The molecule has 7 heterocycles. The van der Waals surface area contributed by atoms with Gasteiger partial charge in [-0.05, 0) is 139 Å². The van der Waals surface area contributed by atoms with Crippen molar-refractivity contribution in [1.29, 1.82) is 0 Å². The number of carbonyl (C=O) groups is 6. The van der Waals surface area contributed by atoms with Crippen LogP contribution in [0.5, 0.6) is 0 Å². The molecular weight excluding hydrogens is 1210 g/mol. The molecule has 13 rings (SSSR count). The highest BCUT2D eigenvalue weighted by atomic mass is 32.2. The SMILES string of the molecule is O=C(Nc1ccc(C2SC(=Nc3ccc(N4CCOCC4)cc3)N(Cc3ccco3)C2=O)cc1)[C@@H]1CCCN1C(=O)OCc1ccccc1.O=C(Nc1ccc(C2SC(=Nc3cccc(F)c3)N(Cc3ccco3)C2=O)cc1)[C@@H]1CCCN1C(=O)Cc1ccccc1. The van der Waals surface area contributed by atoms with Gasteiger partial charge in [-0.25, -0.2) is 19.2 Å². The molecule has 6 aromatic carbocycles. The number of morpholine rings is 1. The number of likely N-dealkylation sites (tertiary alicyclic amines) is 2. The van der Waals surface area contributed by atoms with Crippen molar-refractivity contribution in [3.63, 3.8) is 0 Å². The number of nitrogens with zero attached hydrogens (tertiary/aromatic N) is 7. The van der Waals surface area contributed by atoms with Crippen LogP contribution >= 0.6 is 23.5 Å². The zero-order valence-electron chi connectivity index (χ0n) is 50.1. The highest BCUT2D eigenvalue weighted by molar-refractivity contribution is 8.15. The maximum absolute atomic E-state index is 13.8. The quantitative estimate of drug-likeness (QED) is 0.0869. The summed E-state index contributed by atoms with van der Waals surface area (Å²) in [6.45, 7) is 4.74. The molecule has 22 heteroatoms. The molecule has 5 saturated heterocycles. The van der Waals surface area contributed by atoms with Crippen LogP contribution in [-0.4, -0.2) is 117 Å². The van der Waals surface area contributed by atoms with E-state index < -0.39 is 34.5 Å². The van der Waals surface area contributed by atoms with Crippen molar-refractivity contribution in [3.05, 3.63) is 234 Å². The van der Waals surface area contributed by atoms with E-state index in [4.69, 9.17) is 23.3 Å². The first-order chi connectivity index (χ1) is 45.0. The Morgan fingerprint density at radius 3 is 1.61 bits per heavy atom. The molecule has 92 heavy (non-hydrogen) atoms. The summed E-state index contributed by atoms with van der Waals surface area (Å²) in [5.74, 6) is 0.00845. The third-order valence-electron chi connectivity index (χ3n) is 16.2. The summed E-state index contributed by atoms with van der Waals surface area (Å²) in [6.07, 6.45) is 5.54. The summed E-state index contributed by atoms with van der Waals surface area (Å²) in [6, 6.07) is 53.3. The fourth-order valence-corrected chi connectivity index (χ4v) is 13.8. The zero-order valence-corrected chi connectivity index (χ0v) is 51.7. The van der Waals surface area contributed by atoms with Gasteiger partial charge in [0, 0.05) is 43.2 Å². The van der Waals surface area contributed by atoms with Crippen LogP contribution in [0.3, 0.4) is 0 Å². The summed E-state index contributed by atoms with van der Waals surface area (Å²) >= 11 is 2.67. The Labute approximate surface area is 539 Å². The van der Waals surface area contributed by atoms with Crippen molar-refractivity contribution in [3.8, 4) is 0 Å². The van der Waals surface area contributed by atoms with Crippen LogP contribution in [0.25, 0.3) is 0 Å². The fraction of sp³-hybridized carbons (Fsp3) is 0.257. The van der Waals surface area contributed by atoms with Crippen LogP contribution in [0.4, 0.5) is 37.6 Å². The lowest BCUT2D eigenvalue weighted by Gasteiger charge is -2.28. The Hall–Kier alpha value is -9.77. The van der Waals surface area contributed by atoms with Crippen molar-refractivity contribution in [2.24, 2.45) is 9.98 Å². The smallest absolute Gasteiger partial charge is 0.410 e. The standard InChI is InChI=1S/C37H37N5O6S.C33H29FN4O4S/c43-34(32-9-4-18-41(32)37(45)48-25-26-6-2-1-3-7-26)38-28-12-10-27(11-13-28)33-35(44)42(24-31-8-5-21-47-31)36(49-33)39-29-14-16-30(17-15-29)40-19-22-46-23-20-40;34-24-9-4-10-26(20-24)36-33-38(21-27-11-6-18-42-27)32(41)30(43-33)23-13-15-25(16-14-23)35-31(40)28-12-5-17-37(28)29(39)19-22-7-2-1-3-8-22/h1-3,5-8,10-17,21,32-33H,4,9,18-20,22-25H2,(H,38,43);1-4,6-11,13-16,18,20,28,30H,5,12,17,19,21H2,(H,35,40)/t32-,33?;28-,30?/m00/s1. The Balaban J connectivity index is 0.000000179. The second kappa shape index (κ2) is 29.5. The number of thioether (sulfide) groups is 2. The van der Waals surface area contributed by atoms with Crippen molar-refractivity contribution in [1.82, 2.24) is 19.6 Å². The number of halogens is 1. The number of benzene rings is 6. The minimum Gasteiger partial charge on any atom is -0.467 e. The number of amidine groups is 2. The Morgan fingerprint density at radius 1 is 0.554 bits per heavy atom. The maximum atomic E-state index is 13.8. The number of anilines is 3. The molecule has 0 saturated carbocycles. The van der Waals surface area contributed by atoms with Crippen LogP contribution in [0.2, 0.25) is 0 Å². The zero-order chi connectivity index (χ0) is 63.3. The van der Waals surface area contributed by atoms with Gasteiger partial charge in [0.05, 0.1) is 56.6 Å². The minimum atomic E-state index is -0.619. The van der Waals surface area contributed by atoms with E-state index >= 15 is 0 Å². The monoisotopic (exact) mass is 1280 g/mol. The molecule has 0 aliphatic carbocycles. The van der Waals surface area contributed by atoms with E-state index in [1.165, 1.54) is 45.5 Å². The highest BCUT2D eigenvalue weighted by Crippen LogP contribution is 2.43. The molecular formula is C70H66FN9O10S2. The van der Waals surface area contributed by atoms with Crippen LogP contribution in [0, 0.1) is 5.82 Å². The Morgan fingerprint density at radius 2 is 1.08 bits per heavy atom. The van der Waals surface area contributed by atoms with Crippen molar-refractivity contribution in [2.75, 3.05) is 54.9 Å². The maximum Gasteiger partial charge on any atom is 0.410 e. The van der Waals surface area contributed by atoms with Crippen LogP contribution < -0.4 is 15.5 Å². The van der Waals surface area contributed by atoms with Gasteiger partial charge in [-0.1, -0.05) is 115 Å². The first-order valence-electron chi connectivity index (χ1n) is 30.5. The molecule has 6 amide bonds. The van der Waals surface area contributed by atoms with Crippen molar-refractivity contribution < 1.29 is 51.5 Å². The average molecular weight is 1280 g/mol. The lowest BCUT2D eigenvalue weighted by molar-refractivity contribution is -0.136. The number of hydrogen-bond acceptors (Lipinski definition) is 15. The normalized spacial score (nSPS) is 19.8. The summed E-state index contributed by atoms with van der Waals surface area (Å²) in [7, 11) is 0. The topological polar surface area (TPSA) is 212 Å². The number of ether oxygens (including phenoxy) is 2. The summed E-state index contributed by atoms with van der Waals surface area (Å²) in [5.41, 5.74) is 6.75. The Kier molecular flexibility index (Phi) is 20.0. The molecule has 19 nitrogen and oxygen atoms in total. The third-order valence-corrected chi connectivity index (χ3v) is 18.7. The molecule has 5 aliphatic rings. The Bertz CT molecular complexity index is 3930. The van der Waals surface area contributed by atoms with E-state index in [1.807, 2.05) is 103 Å². The van der Waals surface area contributed by atoms with E-state index in [-0.39, 0.29) is 55.7 Å². The number of aliphatic imine (C=N–C) groups is 2. The largest absolute Gasteiger partial charge is 0.467 e. The van der Waals surface area contributed by atoms with Gasteiger partial charge in [-0.3, -0.25) is 38.7 Å². The van der Waals surface area contributed by atoms with E-state index in [0.717, 1.165) is 59.6 Å². The van der Waals surface area contributed by atoms with E-state index in [2.05, 4.69) is 20.5 Å². The highest BCUT2D eigenvalue weighted by Gasteiger charge is 2.42. The number of carbonyl (C=O) groups excluding carboxylic acids is 6. The van der Waals surface area contributed by atoms with Crippen molar-refractivity contribution in [2.45, 2.75) is 74.4 Å². The minimum absolute atomic E-state index is 0.0641. The second-order valence-electron chi connectivity index (χ2n) is 22.4. The third kappa shape index (κ3) is 15.3. The molecule has 5 aliphatic heterocycles. The molecule has 8 aromatic rings. The molecule has 0 bridgehead atoms. The summed E-state index contributed by atoms with van der Waals surface area (Å²) in [4.78, 5) is 97.7. The van der Waals surface area contributed by atoms with Gasteiger partial charge in [-0.2, -0.15) is 0 Å². The van der Waals surface area contributed by atoms with E-state index in [1.54, 1.807) is 89.1 Å². The van der Waals surface area contributed by atoms with E-state index in [9.17, 15) is 33.2 Å². The first kappa shape index (κ1) is 62.4. The predicted octanol–water partition coefficient (Wildman–Crippen LogP) is 12.5. The van der Waals surface area contributed by atoms with Crippen LogP contribution in [-0.2, 0) is 59.6 Å². The molecule has 0 radical (unpaired) electrons. The predicted molar refractivity (Wildman–Crippen MR) is 351 cm³/mol. The lowest BCUT2D eigenvalue weighted by Crippen LogP contribution is -2.43. The summed E-state index contributed by atoms with van der Waals surface area (Å²) < 4.78 is 35.8. The van der Waals surface area contributed by atoms with Gasteiger partial charge in [0.25, 0.3) is 0 Å². The molecule has 470 valence electrons. The number of nitrogens with one attached hydrogen (secondary N) is 2. The lowest BCUT2D eigenvalue weighted by atomic mass is 10.1. The van der Waals surface area contributed by atoms with E-state index in [0.29, 0.717) is 78.1 Å². The molecule has 2 aromatic heterocycles. The molecule has 2 N–H and O–H groups in total. The summed E-state index contributed by atoms with van der Waals surface area (Å²) in [5, 5.41) is 5.82. The molecule has 2 unspecified atom stereocenters. The molecule has 4 atom stereocenters. The molecule has 0 spiro atoms. The number of hydrogen-bond donors (Lipinski definition) is 2. The van der Waals surface area contributed by atoms with Crippen LogP contribution in [0.1, 0.15) is 70.0 Å². The molecule has 5 fully saturated rings. The second-order valence-corrected chi connectivity index (χ2v) is 24.6. The van der Waals surface area contributed by atoms with Gasteiger partial charge < -0.3 is 38.7 Å². The van der Waals surface area contributed by atoms with Gasteiger partial charge in [0.1, 0.15) is 46.5 Å². The van der Waals surface area contributed by atoms with Gasteiger partial charge in [0.2, 0.25) is 29.5 Å².